The zero-order chi connectivity index (χ0) is 10.7. The molecule has 0 spiro atoms. The summed E-state index contributed by atoms with van der Waals surface area (Å²) in [6.07, 6.45) is 0.223. The van der Waals surface area contributed by atoms with Gasteiger partial charge >= 0.3 is 5.97 Å². The van der Waals surface area contributed by atoms with Crippen molar-refractivity contribution in [1.82, 2.24) is 5.32 Å². The van der Waals surface area contributed by atoms with E-state index in [9.17, 15) is 4.79 Å². The number of rotatable bonds is 3. The van der Waals surface area contributed by atoms with Crippen molar-refractivity contribution in [3.05, 3.63) is 36.4 Å². The lowest BCUT2D eigenvalue weighted by atomic mass is 10.2. The molecule has 1 saturated heterocycles. The zero-order valence-electron chi connectivity index (χ0n) is 8.09. The van der Waals surface area contributed by atoms with Crippen LogP contribution in [0.2, 0.25) is 0 Å². The van der Waals surface area contributed by atoms with Crippen LogP contribution >= 0.6 is 0 Å². The monoisotopic (exact) mass is 205 g/mol. The lowest BCUT2D eigenvalue weighted by Gasteiger charge is -2.15. The molecule has 1 unspecified atom stereocenters. The van der Waals surface area contributed by atoms with Crippen molar-refractivity contribution in [1.29, 1.82) is 0 Å². The minimum atomic E-state index is -0.992. The highest BCUT2D eigenvalue weighted by atomic mass is 16.5. The Bertz CT molecular complexity index is 339. The molecule has 78 valence electrons. The van der Waals surface area contributed by atoms with Crippen LogP contribution in [0.4, 0.5) is 0 Å². The van der Waals surface area contributed by atoms with E-state index in [0.717, 1.165) is 0 Å². The van der Waals surface area contributed by atoms with Gasteiger partial charge in [-0.25, -0.2) is 10.1 Å². The van der Waals surface area contributed by atoms with E-state index in [1.54, 1.807) is 12.1 Å². The van der Waals surface area contributed by atoms with E-state index >= 15 is 0 Å². The summed E-state index contributed by atoms with van der Waals surface area (Å²) in [6, 6.07) is 9.31. The Kier molecular flexibility index (Phi) is 2.87. The maximum absolute atomic E-state index is 10.8. The highest BCUT2D eigenvalue weighted by Crippen LogP contribution is 2.22. The highest BCUT2D eigenvalue weighted by Gasteiger charge is 2.37. The Morgan fingerprint density at radius 1 is 1.40 bits per heavy atom. The molecule has 1 N–H and O–H groups in total. The average Bonchev–Trinajstić information content (AvgIpc) is 2.67. The average molecular weight is 205 g/mol. The van der Waals surface area contributed by atoms with E-state index in [4.69, 9.17) is 9.84 Å². The number of carboxylic acids is 1. The van der Waals surface area contributed by atoms with Crippen molar-refractivity contribution >= 4 is 5.97 Å². The van der Waals surface area contributed by atoms with Crippen molar-refractivity contribution in [2.75, 3.05) is 6.54 Å². The number of hydrogen-bond acceptors (Lipinski definition) is 2. The third-order valence-corrected chi connectivity index (χ3v) is 2.22. The van der Waals surface area contributed by atoms with Gasteiger partial charge in [0, 0.05) is 13.0 Å². The van der Waals surface area contributed by atoms with Gasteiger partial charge in [0.25, 0.3) is 0 Å². The Balaban J connectivity index is 2.03. The molecule has 0 saturated carbocycles. The van der Waals surface area contributed by atoms with Crippen molar-refractivity contribution in [2.45, 2.75) is 12.5 Å². The number of nitrogens with zero attached hydrogens (tertiary/aromatic N) is 1. The number of carbonyl (C=O) groups is 1. The summed E-state index contributed by atoms with van der Waals surface area (Å²) in [5.74, 6) is -0.313. The van der Waals surface area contributed by atoms with E-state index in [2.05, 4.69) is 5.32 Å². The molecule has 1 aliphatic heterocycles. The molecule has 4 heteroatoms. The van der Waals surface area contributed by atoms with Crippen LogP contribution in [0.1, 0.15) is 6.42 Å². The summed E-state index contributed by atoms with van der Waals surface area (Å²) >= 11 is 0. The molecule has 4 nitrogen and oxygen atoms in total. The Morgan fingerprint density at radius 2 is 2.13 bits per heavy atom. The fourth-order valence-electron chi connectivity index (χ4n) is 1.52. The molecule has 1 aliphatic rings. The number of ether oxygens (including phenoxy) is 1. The summed E-state index contributed by atoms with van der Waals surface area (Å²) in [4.78, 5) is 10.8. The molecule has 15 heavy (non-hydrogen) atoms. The molecule has 0 amide bonds. The molecule has 2 rings (SSSR count). The Morgan fingerprint density at radius 3 is 2.80 bits per heavy atom. The summed E-state index contributed by atoms with van der Waals surface area (Å²) in [7, 11) is 0. The van der Waals surface area contributed by atoms with E-state index in [1.807, 2.05) is 18.2 Å². The zero-order valence-corrected chi connectivity index (χ0v) is 8.09. The van der Waals surface area contributed by atoms with E-state index in [-0.39, 0.29) is 6.04 Å². The second-order valence-corrected chi connectivity index (χ2v) is 3.28. The van der Waals surface area contributed by atoms with Crippen molar-refractivity contribution < 1.29 is 14.6 Å². The number of para-hydroxylation sites is 1. The molecule has 1 aromatic rings. The Labute approximate surface area is 87.9 Å². The standard InChI is InChI=1S/C11H11NO3/c13-11(14)10-9(6-7-12-10)15-8-4-2-1-3-5-8/h1-5,9H,6-7H2,(H,13,14). The lowest BCUT2D eigenvalue weighted by Crippen LogP contribution is -2.29. The molecule has 1 atom stereocenters. The van der Waals surface area contributed by atoms with Gasteiger partial charge in [0.05, 0.1) is 0 Å². The largest absolute Gasteiger partial charge is 0.488 e. The van der Waals surface area contributed by atoms with Crippen LogP contribution in [0.15, 0.2) is 30.3 Å². The molecule has 2 radical (unpaired) electrons. The molecule has 0 aliphatic carbocycles. The van der Waals surface area contributed by atoms with Gasteiger partial charge in [0.1, 0.15) is 11.9 Å². The predicted octanol–water partition coefficient (Wildman–Crippen LogP) is 1.06. The maximum Gasteiger partial charge on any atom is 0.332 e. The third kappa shape index (κ3) is 2.27. The fraction of sp³-hybridized carbons (Fsp3) is 0.273. The van der Waals surface area contributed by atoms with E-state index in [0.29, 0.717) is 18.7 Å². The van der Waals surface area contributed by atoms with Crippen LogP contribution in [-0.4, -0.2) is 23.7 Å². The van der Waals surface area contributed by atoms with Crippen LogP contribution in [0.3, 0.4) is 0 Å². The minimum absolute atomic E-state index is 0.124. The first kappa shape index (κ1) is 9.98. The van der Waals surface area contributed by atoms with Crippen molar-refractivity contribution in [3.63, 3.8) is 0 Å². The van der Waals surface area contributed by atoms with Gasteiger partial charge in [0.15, 0.2) is 0 Å². The van der Waals surface area contributed by atoms with Gasteiger partial charge in [-0.2, -0.15) is 0 Å². The first-order chi connectivity index (χ1) is 7.27. The second kappa shape index (κ2) is 4.31. The van der Waals surface area contributed by atoms with Crippen molar-refractivity contribution in [3.8, 4) is 5.75 Å². The van der Waals surface area contributed by atoms with Crippen LogP contribution in [0.25, 0.3) is 0 Å². The Hall–Kier alpha value is -1.55. The van der Waals surface area contributed by atoms with Gasteiger partial charge in [0.2, 0.25) is 6.04 Å². The quantitative estimate of drug-likeness (QED) is 0.802. The molecule has 0 bridgehead atoms. The van der Waals surface area contributed by atoms with Crippen LogP contribution in [0.5, 0.6) is 5.75 Å². The molecule has 0 aromatic heterocycles. The maximum atomic E-state index is 10.8. The van der Waals surface area contributed by atoms with E-state index in [1.165, 1.54) is 0 Å². The number of carboxylic acid groups (broad SMARTS) is 1. The highest BCUT2D eigenvalue weighted by molar-refractivity contribution is 5.83. The molecular weight excluding hydrogens is 194 g/mol. The van der Waals surface area contributed by atoms with E-state index < -0.39 is 12.1 Å². The SMILES string of the molecule is O=C(O)[C]1[N]CCC1Oc1ccccc1. The van der Waals surface area contributed by atoms with Gasteiger partial charge in [-0.1, -0.05) is 18.2 Å². The molecule has 1 fully saturated rings. The summed E-state index contributed by atoms with van der Waals surface area (Å²) in [5.41, 5.74) is 0. The van der Waals surface area contributed by atoms with Crippen LogP contribution in [0, 0.1) is 6.04 Å². The normalized spacial score (nSPS) is 21.5. The van der Waals surface area contributed by atoms with Crippen LogP contribution in [-0.2, 0) is 4.79 Å². The first-order valence-corrected chi connectivity index (χ1v) is 4.76. The summed E-state index contributed by atoms with van der Waals surface area (Å²) in [6.45, 7) is 0.527. The third-order valence-electron chi connectivity index (χ3n) is 2.22. The number of hydrogen-bond donors (Lipinski definition) is 1. The van der Waals surface area contributed by atoms with Gasteiger partial charge in [-0.05, 0) is 12.1 Å². The van der Waals surface area contributed by atoms with Gasteiger partial charge in [-0.15, -0.1) is 0 Å². The first-order valence-electron chi connectivity index (χ1n) is 4.76. The summed E-state index contributed by atoms with van der Waals surface area (Å²) < 4.78 is 5.54. The second-order valence-electron chi connectivity index (χ2n) is 3.28. The minimum Gasteiger partial charge on any atom is -0.488 e. The lowest BCUT2D eigenvalue weighted by molar-refractivity contribution is -0.136. The topological polar surface area (TPSA) is 60.6 Å². The predicted molar refractivity (Wildman–Crippen MR) is 53.4 cm³/mol. The van der Waals surface area contributed by atoms with Crippen LogP contribution < -0.4 is 10.1 Å². The molecule has 1 heterocycles. The fourth-order valence-corrected chi connectivity index (χ4v) is 1.52. The molecular formula is C11H11NO3. The van der Waals surface area contributed by atoms with Gasteiger partial charge in [-0.3, -0.25) is 0 Å². The van der Waals surface area contributed by atoms with Crippen molar-refractivity contribution in [2.24, 2.45) is 0 Å². The number of aliphatic carboxylic acids is 1. The summed E-state index contributed by atoms with van der Waals surface area (Å²) in [5, 5.41) is 12.8. The van der Waals surface area contributed by atoms with Gasteiger partial charge < -0.3 is 9.84 Å². The smallest absolute Gasteiger partial charge is 0.332 e. The molecule has 1 aromatic carbocycles. The number of benzene rings is 1.